The van der Waals surface area contributed by atoms with E-state index in [1.165, 1.54) is 11.3 Å². The second kappa shape index (κ2) is 6.06. The Bertz CT molecular complexity index is 494. The maximum Gasteiger partial charge on any atom is 0.348 e. The van der Waals surface area contributed by atoms with Gasteiger partial charge in [0.25, 0.3) is 0 Å². The Balaban J connectivity index is 2.83. The van der Waals surface area contributed by atoms with Gasteiger partial charge < -0.3 is 10.1 Å². The van der Waals surface area contributed by atoms with Gasteiger partial charge in [0.15, 0.2) is 0 Å². The predicted octanol–water partition coefficient (Wildman–Crippen LogP) is 2.20. The van der Waals surface area contributed by atoms with E-state index in [9.17, 15) is 9.59 Å². The summed E-state index contributed by atoms with van der Waals surface area (Å²) >= 11 is 1.19. The molecule has 0 bridgehead atoms. The van der Waals surface area contributed by atoms with Crippen LogP contribution >= 0.6 is 11.3 Å². The average Bonchev–Trinajstić information content (AvgIpc) is 2.60. The van der Waals surface area contributed by atoms with Crippen LogP contribution in [0.3, 0.4) is 0 Å². The molecule has 0 saturated heterocycles. The third-order valence-electron chi connectivity index (χ3n) is 1.85. The number of nitrogens with one attached hydrogen (secondary N) is 1. The second-order valence-electron chi connectivity index (χ2n) is 3.17. The van der Waals surface area contributed by atoms with Gasteiger partial charge in [-0.05, 0) is 38.3 Å². The molecule has 17 heavy (non-hydrogen) atoms. The highest BCUT2D eigenvalue weighted by Gasteiger charge is 2.15. The number of ether oxygens (including phenoxy) is 1. The first-order chi connectivity index (χ1) is 8.08. The maximum atomic E-state index is 11.5. The second-order valence-corrected chi connectivity index (χ2v) is 4.22. The highest BCUT2D eigenvalue weighted by molar-refractivity contribution is 7.18. The summed E-state index contributed by atoms with van der Waals surface area (Å²) in [5.41, 5.74) is 0.785. The minimum atomic E-state index is -0.385. The molecule has 0 fully saturated rings. The lowest BCUT2D eigenvalue weighted by Crippen LogP contribution is -2.06. The molecule has 0 spiro atoms. The minimum Gasteiger partial charge on any atom is -0.462 e. The van der Waals surface area contributed by atoms with Gasteiger partial charge in [-0.2, -0.15) is 0 Å². The van der Waals surface area contributed by atoms with Crippen molar-refractivity contribution in [2.24, 2.45) is 0 Å². The van der Waals surface area contributed by atoms with Crippen molar-refractivity contribution in [2.75, 3.05) is 11.9 Å². The van der Waals surface area contributed by atoms with Crippen LogP contribution in [-0.2, 0) is 9.53 Å². The van der Waals surface area contributed by atoms with Crippen LogP contribution in [0.25, 0.3) is 0 Å². The topological polar surface area (TPSA) is 55.4 Å². The Hall–Kier alpha value is -1.80. The standard InChI is InChI=1S/C12H13NO3S/c1-4-6-9(14)13-10-7-8(3)11(17-10)12(15)16-5-2/h7H,5H2,1-3H3,(H,13,14). The van der Waals surface area contributed by atoms with E-state index in [0.29, 0.717) is 16.5 Å². The van der Waals surface area contributed by atoms with Gasteiger partial charge >= 0.3 is 11.9 Å². The fourth-order valence-corrected chi connectivity index (χ4v) is 2.16. The third kappa shape index (κ3) is 3.61. The van der Waals surface area contributed by atoms with Crippen molar-refractivity contribution in [2.45, 2.75) is 20.8 Å². The normalized spacial score (nSPS) is 9.12. The Morgan fingerprint density at radius 2 is 2.24 bits per heavy atom. The number of aryl methyl sites for hydroxylation is 1. The first-order valence-electron chi connectivity index (χ1n) is 5.09. The summed E-state index contributed by atoms with van der Waals surface area (Å²) in [6, 6.07) is 1.73. The number of hydrogen-bond acceptors (Lipinski definition) is 4. The molecule has 1 aromatic heterocycles. The summed E-state index contributed by atoms with van der Waals surface area (Å²) in [7, 11) is 0. The van der Waals surface area contributed by atoms with Crippen molar-refractivity contribution < 1.29 is 14.3 Å². The van der Waals surface area contributed by atoms with E-state index in [2.05, 4.69) is 17.2 Å². The minimum absolute atomic E-state index is 0.333. The van der Waals surface area contributed by atoms with Crippen molar-refractivity contribution in [1.29, 1.82) is 0 Å². The number of rotatable bonds is 3. The molecule has 0 atom stereocenters. The van der Waals surface area contributed by atoms with Gasteiger partial charge in [-0.25, -0.2) is 4.79 Å². The molecule has 1 aromatic rings. The highest BCUT2D eigenvalue weighted by Crippen LogP contribution is 2.27. The monoisotopic (exact) mass is 251 g/mol. The maximum absolute atomic E-state index is 11.5. The molecule has 5 heteroatoms. The van der Waals surface area contributed by atoms with Crippen LogP contribution in [0.15, 0.2) is 6.07 Å². The molecule has 0 radical (unpaired) electrons. The van der Waals surface area contributed by atoms with Gasteiger partial charge in [-0.3, -0.25) is 4.79 Å². The lowest BCUT2D eigenvalue weighted by molar-refractivity contribution is -0.111. The molecular formula is C12H13NO3S. The van der Waals surface area contributed by atoms with E-state index in [1.807, 2.05) is 0 Å². The van der Waals surface area contributed by atoms with Crippen LogP contribution in [0, 0.1) is 18.8 Å². The molecule has 0 aliphatic carbocycles. The number of thiophene rings is 1. The van der Waals surface area contributed by atoms with E-state index in [0.717, 1.165) is 5.56 Å². The lowest BCUT2D eigenvalue weighted by atomic mass is 10.3. The number of carbonyl (C=O) groups is 2. The Morgan fingerprint density at radius 1 is 1.53 bits per heavy atom. The molecule has 90 valence electrons. The summed E-state index contributed by atoms with van der Waals surface area (Å²) in [4.78, 5) is 23.3. The first kappa shape index (κ1) is 13.3. The van der Waals surface area contributed by atoms with Crippen LogP contribution < -0.4 is 5.32 Å². The number of esters is 1. The molecule has 1 rings (SSSR count). The smallest absolute Gasteiger partial charge is 0.348 e. The number of amides is 1. The fourth-order valence-electron chi connectivity index (χ4n) is 1.20. The number of anilines is 1. The van der Waals surface area contributed by atoms with Crippen molar-refractivity contribution in [1.82, 2.24) is 0 Å². The predicted molar refractivity (Wildman–Crippen MR) is 67.1 cm³/mol. The van der Waals surface area contributed by atoms with Gasteiger partial charge in [0, 0.05) is 0 Å². The Morgan fingerprint density at radius 3 is 2.82 bits per heavy atom. The first-order valence-corrected chi connectivity index (χ1v) is 5.91. The van der Waals surface area contributed by atoms with Crippen LogP contribution in [0.5, 0.6) is 0 Å². The lowest BCUT2D eigenvalue weighted by Gasteiger charge is -1.98. The zero-order chi connectivity index (χ0) is 12.8. The van der Waals surface area contributed by atoms with Crippen molar-refractivity contribution in [3.05, 3.63) is 16.5 Å². The average molecular weight is 251 g/mol. The SMILES string of the molecule is CC#CC(=O)Nc1cc(C)c(C(=O)OCC)s1. The van der Waals surface area contributed by atoms with E-state index in [-0.39, 0.29) is 11.9 Å². The van der Waals surface area contributed by atoms with Gasteiger partial charge in [0.2, 0.25) is 0 Å². The van der Waals surface area contributed by atoms with Gasteiger partial charge in [-0.15, -0.1) is 11.3 Å². The van der Waals surface area contributed by atoms with E-state index >= 15 is 0 Å². The fraction of sp³-hybridized carbons (Fsp3) is 0.333. The molecular weight excluding hydrogens is 238 g/mol. The van der Waals surface area contributed by atoms with E-state index < -0.39 is 0 Å². The molecule has 0 saturated carbocycles. The van der Waals surface area contributed by atoms with Gasteiger partial charge in [-0.1, -0.05) is 5.92 Å². The summed E-state index contributed by atoms with van der Waals surface area (Å²) in [5.74, 6) is 4.12. The zero-order valence-electron chi connectivity index (χ0n) is 9.92. The van der Waals surface area contributed by atoms with E-state index in [1.54, 1.807) is 26.8 Å². The van der Waals surface area contributed by atoms with Crippen molar-refractivity contribution in [3.8, 4) is 11.8 Å². The number of hydrogen-bond donors (Lipinski definition) is 1. The molecule has 1 heterocycles. The quantitative estimate of drug-likeness (QED) is 0.662. The van der Waals surface area contributed by atoms with Crippen molar-refractivity contribution in [3.63, 3.8) is 0 Å². The molecule has 0 aliphatic heterocycles. The van der Waals surface area contributed by atoms with E-state index in [4.69, 9.17) is 4.74 Å². The van der Waals surface area contributed by atoms with Gasteiger partial charge in [0.1, 0.15) is 4.88 Å². The molecule has 1 N–H and O–H groups in total. The summed E-state index contributed by atoms with van der Waals surface area (Å²) in [5, 5.41) is 3.19. The van der Waals surface area contributed by atoms with Gasteiger partial charge in [0.05, 0.1) is 11.6 Å². The molecule has 1 amide bonds. The summed E-state index contributed by atoms with van der Waals surface area (Å²) < 4.78 is 4.91. The van der Waals surface area contributed by atoms with Crippen LogP contribution in [0.1, 0.15) is 29.1 Å². The molecule has 0 unspecified atom stereocenters. The largest absolute Gasteiger partial charge is 0.462 e. The van der Waals surface area contributed by atoms with Crippen molar-refractivity contribution >= 4 is 28.2 Å². The van der Waals surface area contributed by atoms with Crippen LogP contribution in [0.4, 0.5) is 5.00 Å². The molecule has 4 nitrogen and oxygen atoms in total. The zero-order valence-corrected chi connectivity index (χ0v) is 10.7. The van der Waals surface area contributed by atoms with Crippen LogP contribution in [0.2, 0.25) is 0 Å². The van der Waals surface area contributed by atoms with Crippen LogP contribution in [-0.4, -0.2) is 18.5 Å². The highest BCUT2D eigenvalue weighted by atomic mass is 32.1. The molecule has 0 aromatic carbocycles. The number of carbonyl (C=O) groups excluding carboxylic acids is 2. The molecule has 0 aliphatic rings. The third-order valence-corrected chi connectivity index (χ3v) is 2.99. The Labute approximate surface area is 104 Å². The summed E-state index contributed by atoms with van der Waals surface area (Å²) in [6.45, 7) is 5.47. The Kier molecular flexibility index (Phi) is 4.73. The summed E-state index contributed by atoms with van der Waals surface area (Å²) in [6.07, 6.45) is 0.